The Kier molecular flexibility index (Phi) is 4.06. The molecule has 0 N–H and O–H groups in total. The summed E-state index contributed by atoms with van der Waals surface area (Å²) < 4.78 is 29.5. The Bertz CT molecular complexity index is 583. The van der Waals surface area contributed by atoms with Crippen molar-refractivity contribution >= 4 is 15.6 Å². The number of sulfone groups is 1. The third-order valence-corrected chi connectivity index (χ3v) is 5.19. The summed E-state index contributed by atoms with van der Waals surface area (Å²) in [7, 11) is -3.54. The van der Waals surface area contributed by atoms with Gasteiger partial charge in [0.15, 0.2) is 15.6 Å². The second kappa shape index (κ2) is 5.43. The Hall–Kier alpha value is -1.20. The molecule has 0 aliphatic carbocycles. The predicted molar refractivity (Wildman–Crippen MR) is 71.9 cm³/mol. The first-order valence-corrected chi connectivity index (χ1v) is 7.96. The van der Waals surface area contributed by atoms with Crippen molar-refractivity contribution in [3.63, 3.8) is 0 Å². The Morgan fingerprint density at radius 1 is 1.32 bits per heavy atom. The zero-order valence-corrected chi connectivity index (χ0v) is 12.0. The Morgan fingerprint density at radius 2 is 2.05 bits per heavy atom. The number of hydrogen-bond donors (Lipinski definition) is 0. The van der Waals surface area contributed by atoms with Crippen LogP contribution in [0.3, 0.4) is 0 Å². The Balaban J connectivity index is 2.17. The van der Waals surface area contributed by atoms with Crippen LogP contribution in [0.25, 0.3) is 0 Å². The molecule has 1 aromatic carbocycles. The van der Waals surface area contributed by atoms with Gasteiger partial charge in [-0.3, -0.25) is 4.79 Å². The van der Waals surface area contributed by atoms with Crippen molar-refractivity contribution in [2.75, 3.05) is 19.0 Å². The minimum atomic E-state index is -3.54. The van der Waals surface area contributed by atoms with E-state index >= 15 is 0 Å². The molecule has 1 unspecified atom stereocenters. The van der Waals surface area contributed by atoms with Crippen LogP contribution in [0.15, 0.2) is 23.1 Å². The van der Waals surface area contributed by atoms with Crippen LogP contribution in [0, 0.1) is 19.8 Å². The molecule has 4 nitrogen and oxygen atoms in total. The largest absolute Gasteiger partial charge is 0.381 e. The van der Waals surface area contributed by atoms with Crippen LogP contribution in [-0.2, 0) is 19.4 Å². The van der Waals surface area contributed by atoms with E-state index in [1.807, 2.05) is 13.8 Å². The molecular formula is C14H18O4S. The highest BCUT2D eigenvalue weighted by Gasteiger charge is 2.28. The van der Waals surface area contributed by atoms with Gasteiger partial charge in [0, 0.05) is 12.5 Å². The maximum absolute atomic E-state index is 12.2. The molecule has 104 valence electrons. The quantitative estimate of drug-likeness (QED) is 0.843. The molecule has 0 amide bonds. The zero-order chi connectivity index (χ0) is 14.0. The van der Waals surface area contributed by atoms with Gasteiger partial charge in [-0.2, -0.15) is 0 Å². The number of ketones is 1. The second-order valence-electron chi connectivity index (χ2n) is 5.03. The van der Waals surface area contributed by atoms with E-state index in [1.165, 1.54) is 0 Å². The highest BCUT2D eigenvalue weighted by atomic mass is 32.2. The molecule has 0 bridgehead atoms. The summed E-state index contributed by atoms with van der Waals surface area (Å²) >= 11 is 0. The standard InChI is InChI=1S/C14H18O4S/c1-10-3-4-13(7-11(10)2)19(16,17)9-14(15)12-5-6-18-8-12/h3-4,7,12H,5-6,8-9H2,1-2H3. The van der Waals surface area contributed by atoms with E-state index in [-0.39, 0.29) is 16.6 Å². The molecule has 1 aromatic rings. The summed E-state index contributed by atoms with van der Waals surface area (Å²) in [6.07, 6.45) is 0.626. The minimum absolute atomic E-state index is 0.225. The van der Waals surface area contributed by atoms with E-state index in [4.69, 9.17) is 4.74 Å². The lowest BCUT2D eigenvalue weighted by Crippen LogP contribution is -2.24. The zero-order valence-electron chi connectivity index (χ0n) is 11.2. The summed E-state index contributed by atoms with van der Waals surface area (Å²) in [5.74, 6) is -0.930. The monoisotopic (exact) mass is 282 g/mol. The van der Waals surface area contributed by atoms with Crippen molar-refractivity contribution in [3.8, 4) is 0 Å². The summed E-state index contributed by atoms with van der Waals surface area (Å²) in [4.78, 5) is 12.2. The van der Waals surface area contributed by atoms with Gasteiger partial charge in [0.1, 0.15) is 5.75 Å². The molecule has 0 aromatic heterocycles. The van der Waals surface area contributed by atoms with Gasteiger partial charge >= 0.3 is 0 Å². The van der Waals surface area contributed by atoms with Crippen molar-refractivity contribution in [3.05, 3.63) is 29.3 Å². The molecule has 19 heavy (non-hydrogen) atoms. The van der Waals surface area contributed by atoms with E-state index in [0.717, 1.165) is 11.1 Å². The lowest BCUT2D eigenvalue weighted by Gasteiger charge is -2.09. The molecule has 1 atom stereocenters. The third-order valence-electron chi connectivity index (χ3n) is 3.55. The van der Waals surface area contributed by atoms with E-state index in [0.29, 0.717) is 19.6 Å². The first-order valence-electron chi connectivity index (χ1n) is 6.30. The van der Waals surface area contributed by atoms with Crippen LogP contribution in [0.5, 0.6) is 0 Å². The van der Waals surface area contributed by atoms with Crippen molar-refractivity contribution in [1.29, 1.82) is 0 Å². The predicted octanol–water partition coefficient (Wildman–Crippen LogP) is 1.68. The minimum Gasteiger partial charge on any atom is -0.381 e. The van der Waals surface area contributed by atoms with E-state index in [2.05, 4.69) is 0 Å². The van der Waals surface area contributed by atoms with Gasteiger partial charge in [-0.25, -0.2) is 8.42 Å². The number of Topliss-reactive ketones (excluding diaryl/α,β-unsaturated/α-hetero) is 1. The number of hydrogen-bond acceptors (Lipinski definition) is 4. The lowest BCUT2D eigenvalue weighted by molar-refractivity contribution is -0.120. The smallest absolute Gasteiger partial charge is 0.185 e. The van der Waals surface area contributed by atoms with Crippen molar-refractivity contribution in [2.45, 2.75) is 25.2 Å². The molecule has 1 heterocycles. The van der Waals surface area contributed by atoms with E-state index in [9.17, 15) is 13.2 Å². The molecule has 0 radical (unpaired) electrons. The topological polar surface area (TPSA) is 60.4 Å². The molecular weight excluding hydrogens is 264 g/mol. The van der Waals surface area contributed by atoms with Gasteiger partial charge in [-0.05, 0) is 43.5 Å². The molecule has 2 rings (SSSR count). The third kappa shape index (κ3) is 3.22. The van der Waals surface area contributed by atoms with Gasteiger partial charge < -0.3 is 4.74 Å². The van der Waals surface area contributed by atoms with Crippen LogP contribution in [0.2, 0.25) is 0 Å². The first-order chi connectivity index (χ1) is 8.90. The summed E-state index contributed by atoms with van der Waals surface area (Å²) in [6.45, 7) is 4.68. The fraction of sp³-hybridized carbons (Fsp3) is 0.500. The highest BCUT2D eigenvalue weighted by molar-refractivity contribution is 7.92. The number of aryl methyl sites for hydroxylation is 2. The van der Waals surface area contributed by atoms with Crippen molar-refractivity contribution in [1.82, 2.24) is 0 Å². The molecule has 1 aliphatic rings. The van der Waals surface area contributed by atoms with Crippen LogP contribution < -0.4 is 0 Å². The van der Waals surface area contributed by atoms with Crippen molar-refractivity contribution < 1.29 is 17.9 Å². The Morgan fingerprint density at radius 3 is 2.63 bits per heavy atom. The van der Waals surface area contributed by atoms with Gasteiger partial charge in [-0.1, -0.05) is 6.07 Å². The van der Waals surface area contributed by atoms with Gasteiger partial charge in [-0.15, -0.1) is 0 Å². The molecule has 1 fully saturated rings. The van der Waals surface area contributed by atoms with Crippen LogP contribution in [0.4, 0.5) is 0 Å². The summed E-state index contributed by atoms with van der Waals surface area (Å²) in [6, 6.07) is 4.96. The van der Waals surface area contributed by atoms with Gasteiger partial charge in [0.25, 0.3) is 0 Å². The molecule has 0 saturated carbocycles. The number of carbonyl (C=O) groups excluding carboxylic acids is 1. The molecule has 0 spiro atoms. The normalized spacial score (nSPS) is 19.6. The second-order valence-corrected chi connectivity index (χ2v) is 7.02. The van der Waals surface area contributed by atoms with Gasteiger partial charge in [0.05, 0.1) is 11.5 Å². The van der Waals surface area contributed by atoms with Crippen LogP contribution in [-0.4, -0.2) is 33.2 Å². The lowest BCUT2D eigenvalue weighted by atomic mass is 10.1. The average molecular weight is 282 g/mol. The fourth-order valence-electron chi connectivity index (χ4n) is 2.08. The Labute approximate surface area is 113 Å². The number of rotatable bonds is 4. The number of carbonyl (C=O) groups is 1. The SMILES string of the molecule is Cc1ccc(S(=O)(=O)CC(=O)C2CCOC2)cc1C. The van der Waals surface area contributed by atoms with E-state index in [1.54, 1.807) is 18.2 Å². The fourth-order valence-corrected chi connectivity index (χ4v) is 3.49. The highest BCUT2D eigenvalue weighted by Crippen LogP contribution is 2.19. The summed E-state index contributed by atoms with van der Waals surface area (Å²) in [5, 5.41) is 0. The van der Waals surface area contributed by atoms with Crippen LogP contribution >= 0.6 is 0 Å². The molecule has 1 saturated heterocycles. The molecule has 1 aliphatic heterocycles. The number of ether oxygens (including phenoxy) is 1. The van der Waals surface area contributed by atoms with Crippen molar-refractivity contribution in [2.24, 2.45) is 5.92 Å². The first kappa shape index (κ1) is 14.2. The maximum Gasteiger partial charge on any atom is 0.185 e. The van der Waals surface area contributed by atoms with Gasteiger partial charge in [0.2, 0.25) is 0 Å². The van der Waals surface area contributed by atoms with E-state index < -0.39 is 15.6 Å². The molecule has 5 heteroatoms. The average Bonchev–Trinajstić information content (AvgIpc) is 2.85. The summed E-state index contributed by atoms with van der Waals surface area (Å²) in [5.41, 5.74) is 1.95. The maximum atomic E-state index is 12.2. The van der Waals surface area contributed by atoms with Crippen LogP contribution in [0.1, 0.15) is 17.5 Å². The number of benzene rings is 1.